The van der Waals surface area contributed by atoms with Crippen molar-refractivity contribution in [1.82, 2.24) is 19.6 Å². The minimum Gasteiger partial charge on any atom is -0.278 e. The lowest BCUT2D eigenvalue weighted by atomic mass is 10.2. The molecule has 0 saturated carbocycles. The molecule has 0 fully saturated rings. The molecule has 3 aromatic rings. The van der Waals surface area contributed by atoms with Gasteiger partial charge < -0.3 is 0 Å². The van der Waals surface area contributed by atoms with E-state index in [0.717, 1.165) is 0 Å². The number of hydrogen-bond acceptors (Lipinski definition) is 3. The van der Waals surface area contributed by atoms with Crippen molar-refractivity contribution in [1.29, 1.82) is 0 Å². The number of benzene rings is 1. The van der Waals surface area contributed by atoms with Gasteiger partial charge in [0.15, 0.2) is 16.6 Å². The molecule has 1 aromatic carbocycles. The van der Waals surface area contributed by atoms with Gasteiger partial charge in [0.25, 0.3) is 0 Å². The van der Waals surface area contributed by atoms with Crippen molar-refractivity contribution in [2.45, 2.75) is 0 Å². The molecule has 0 aliphatic rings. The Hall–Kier alpha value is -1.53. The number of halogens is 3. The Morgan fingerprint density at radius 1 is 1.28 bits per heavy atom. The standard InChI is InChI=1S/C11H5BrClFN4/c12-6-1-2-7(8(14)5-6)10-16-17-11-9(13)15-3-4-18(10)11/h1-5H. The van der Waals surface area contributed by atoms with Crippen LogP contribution >= 0.6 is 27.5 Å². The summed E-state index contributed by atoms with van der Waals surface area (Å²) in [6.45, 7) is 0. The van der Waals surface area contributed by atoms with Crippen LogP contribution in [0.1, 0.15) is 0 Å². The molecule has 2 heterocycles. The SMILES string of the molecule is Fc1cc(Br)ccc1-c1nnc2c(Cl)nccn12. The van der Waals surface area contributed by atoms with E-state index in [2.05, 4.69) is 31.1 Å². The summed E-state index contributed by atoms with van der Waals surface area (Å²) in [5.74, 6) is 0.00547. The molecular formula is C11H5BrClFN4. The van der Waals surface area contributed by atoms with E-state index in [1.807, 2.05) is 0 Å². The highest BCUT2D eigenvalue weighted by Gasteiger charge is 2.14. The van der Waals surface area contributed by atoms with Crippen LogP contribution in [0.2, 0.25) is 5.15 Å². The number of aromatic nitrogens is 4. The molecule has 0 N–H and O–H groups in total. The van der Waals surface area contributed by atoms with Crippen LogP contribution in [0.5, 0.6) is 0 Å². The first-order chi connectivity index (χ1) is 8.66. The molecule has 18 heavy (non-hydrogen) atoms. The summed E-state index contributed by atoms with van der Waals surface area (Å²) >= 11 is 9.09. The second-order valence-electron chi connectivity index (χ2n) is 3.56. The van der Waals surface area contributed by atoms with E-state index < -0.39 is 0 Å². The van der Waals surface area contributed by atoms with Gasteiger partial charge in [0.2, 0.25) is 0 Å². The summed E-state index contributed by atoms with van der Waals surface area (Å²) in [5, 5.41) is 8.08. The van der Waals surface area contributed by atoms with E-state index in [4.69, 9.17) is 11.6 Å². The molecule has 0 amide bonds. The first kappa shape index (κ1) is 11.6. The lowest BCUT2D eigenvalue weighted by Gasteiger charge is -2.02. The second kappa shape index (κ2) is 4.29. The maximum Gasteiger partial charge on any atom is 0.198 e. The van der Waals surface area contributed by atoms with Crippen LogP contribution in [-0.2, 0) is 0 Å². The highest BCUT2D eigenvalue weighted by Crippen LogP contribution is 2.25. The lowest BCUT2D eigenvalue weighted by molar-refractivity contribution is 0.629. The highest BCUT2D eigenvalue weighted by molar-refractivity contribution is 9.10. The van der Waals surface area contributed by atoms with Crippen molar-refractivity contribution >= 4 is 33.2 Å². The molecule has 0 unspecified atom stereocenters. The Kier molecular flexibility index (Phi) is 2.76. The maximum absolute atomic E-state index is 13.9. The summed E-state index contributed by atoms with van der Waals surface area (Å²) in [6.07, 6.45) is 3.15. The zero-order chi connectivity index (χ0) is 12.7. The average Bonchev–Trinajstić information content (AvgIpc) is 2.74. The fourth-order valence-corrected chi connectivity index (χ4v) is 2.17. The fraction of sp³-hybridized carbons (Fsp3) is 0. The molecule has 0 aliphatic carbocycles. The van der Waals surface area contributed by atoms with Crippen molar-refractivity contribution in [3.05, 3.63) is 46.0 Å². The van der Waals surface area contributed by atoms with Crippen LogP contribution in [0.4, 0.5) is 4.39 Å². The van der Waals surface area contributed by atoms with Crippen molar-refractivity contribution in [3.63, 3.8) is 0 Å². The van der Waals surface area contributed by atoms with Gasteiger partial charge in [0.1, 0.15) is 5.82 Å². The third kappa shape index (κ3) is 1.77. The Bertz CT molecular complexity index is 743. The molecule has 7 heteroatoms. The quantitative estimate of drug-likeness (QED) is 0.688. The Balaban J connectivity index is 2.29. The third-order valence-corrected chi connectivity index (χ3v) is 3.22. The van der Waals surface area contributed by atoms with Gasteiger partial charge in [-0.3, -0.25) is 4.40 Å². The Morgan fingerprint density at radius 3 is 2.89 bits per heavy atom. The van der Waals surface area contributed by atoms with Gasteiger partial charge in [0.05, 0.1) is 5.56 Å². The fourth-order valence-electron chi connectivity index (χ4n) is 1.65. The third-order valence-electron chi connectivity index (χ3n) is 2.46. The molecule has 0 bridgehead atoms. The van der Waals surface area contributed by atoms with Gasteiger partial charge in [-0.05, 0) is 18.2 Å². The van der Waals surface area contributed by atoms with Crippen LogP contribution in [-0.4, -0.2) is 19.6 Å². The minimum absolute atomic E-state index is 0.230. The predicted octanol–water partition coefficient (Wildman–Crippen LogP) is 3.35. The lowest BCUT2D eigenvalue weighted by Crippen LogP contribution is -1.93. The van der Waals surface area contributed by atoms with Crippen LogP contribution in [0.25, 0.3) is 17.0 Å². The monoisotopic (exact) mass is 326 g/mol. The van der Waals surface area contributed by atoms with E-state index in [1.165, 1.54) is 12.3 Å². The Morgan fingerprint density at radius 2 is 2.11 bits per heavy atom. The molecule has 3 rings (SSSR count). The summed E-state index contributed by atoms with van der Waals surface area (Å²) in [6, 6.07) is 4.74. The van der Waals surface area contributed by atoms with Gasteiger partial charge >= 0.3 is 0 Å². The molecule has 0 spiro atoms. The number of hydrogen-bond donors (Lipinski definition) is 0. The van der Waals surface area contributed by atoms with E-state index in [0.29, 0.717) is 21.5 Å². The van der Waals surface area contributed by atoms with Crippen molar-refractivity contribution in [2.24, 2.45) is 0 Å². The maximum atomic E-state index is 13.9. The van der Waals surface area contributed by atoms with Crippen molar-refractivity contribution in [3.8, 4) is 11.4 Å². The largest absolute Gasteiger partial charge is 0.278 e. The van der Waals surface area contributed by atoms with Crippen LogP contribution in [0.3, 0.4) is 0 Å². The van der Waals surface area contributed by atoms with E-state index >= 15 is 0 Å². The smallest absolute Gasteiger partial charge is 0.198 e. The summed E-state index contributed by atoms with van der Waals surface area (Å²) in [5.41, 5.74) is 0.754. The van der Waals surface area contributed by atoms with Gasteiger partial charge in [0, 0.05) is 16.9 Å². The van der Waals surface area contributed by atoms with Crippen molar-refractivity contribution in [2.75, 3.05) is 0 Å². The normalized spacial score (nSPS) is 11.1. The summed E-state index contributed by atoms with van der Waals surface area (Å²) < 4.78 is 16.1. The van der Waals surface area contributed by atoms with Crippen LogP contribution in [0.15, 0.2) is 35.1 Å². The molecule has 0 radical (unpaired) electrons. The van der Waals surface area contributed by atoms with E-state index in [1.54, 1.807) is 22.7 Å². The molecule has 0 saturated heterocycles. The summed E-state index contributed by atoms with van der Waals surface area (Å²) in [7, 11) is 0. The van der Waals surface area contributed by atoms with Gasteiger partial charge in [-0.2, -0.15) is 0 Å². The zero-order valence-corrected chi connectivity index (χ0v) is 11.2. The van der Waals surface area contributed by atoms with Crippen molar-refractivity contribution < 1.29 is 4.39 Å². The van der Waals surface area contributed by atoms with E-state index in [9.17, 15) is 4.39 Å². The average molecular weight is 328 g/mol. The zero-order valence-electron chi connectivity index (χ0n) is 8.81. The first-order valence-electron chi connectivity index (χ1n) is 4.97. The number of fused-ring (bicyclic) bond motifs is 1. The molecule has 2 aromatic heterocycles. The molecule has 90 valence electrons. The van der Waals surface area contributed by atoms with Gasteiger partial charge in [-0.1, -0.05) is 27.5 Å². The molecule has 4 nitrogen and oxygen atoms in total. The number of nitrogens with zero attached hydrogens (tertiary/aromatic N) is 4. The van der Waals surface area contributed by atoms with Crippen LogP contribution < -0.4 is 0 Å². The highest BCUT2D eigenvalue weighted by atomic mass is 79.9. The molecule has 0 aliphatic heterocycles. The topological polar surface area (TPSA) is 43.1 Å². The number of rotatable bonds is 1. The first-order valence-corrected chi connectivity index (χ1v) is 6.14. The minimum atomic E-state index is -0.383. The van der Waals surface area contributed by atoms with Gasteiger partial charge in [-0.15, -0.1) is 10.2 Å². The Labute approximate surface area is 115 Å². The molecular weight excluding hydrogens is 323 g/mol. The van der Waals surface area contributed by atoms with E-state index in [-0.39, 0.29) is 11.0 Å². The predicted molar refractivity (Wildman–Crippen MR) is 68.9 cm³/mol. The second-order valence-corrected chi connectivity index (χ2v) is 4.83. The van der Waals surface area contributed by atoms with Crippen LogP contribution in [0, 0.1) is 5.82 Å². The van der Waals surface area contributed by atoms with Gasteiger partial charge in [-0.25, -0.2) is 9.37 Å². The molecule has 0 atom stereocenters. The summed E-state index contributed by atoms with van der Waals surface area (Å²) in [4.78, 5) is 3.89.